The van der Waals surface area contributed by atoms with Crippen molar-refractivity contribution in [2.24, 2.45) is 0 Å². The molecule has 0 unspecified atom stereocenters. The lowest BCUT2D eigenvalue weighted by Gasteiger charge is -2.22. The van der Waals surface area contributed by atoms with Gasteiger partial charge in [0.05, 0.1) is 12.8 Å². The van der Waals surface area contributed by atoms with Crippen molar-refractivity contribution in [3.8, 4) is 5.75 Å². The van der Waals surface area contributed by atoms with Crippen molar-refractivity contribution >= 4 is 27.3 Å². The summed E-state index contributed by atoms with van der Waals surface area (Å²) >= 11 is 5.96. The first-order valence-electron chi connectivity index (χ1n) is 4.31. The zero-order valence-electron chi connectivity index (χ0n) is 8.37. The lowest BCUT2D eigenvalue weighted by molar-refractivity contribution is 0.413. The Labute approximate surface area is 98.1 Å². The molecule has 1 aliphatic rings. The lowest BCUT2D eigenvalue weighted by atomic mass is 10.1. The third-order valence-corrected chi connectivity index (χ3v) is 4.03. The van der Waals surface area contributed by atoms with Crippen LogP contribution in [-0.2, 0) is 10.0 Å². The van der Waals surface area contributed by atoms with Crippen LogP contribution in [0, 0.1) is 0 Å². The molecule has 0 saturated carbocycles. The summed E-state index contributed by atoms with van der Waals surface area (Å²) in [7, 11) is -2.25. The molecule has 2 rings (SSSR count). The van der Waals surface area contributed by atoms with Gasteiger partial charge in [0.2, 0.25) is 0 Å². The lowest BCUT2D eigenvalue weighted by Crippen LogP contribution is -2.40. The van der Waals surface area contributed by atoms with E-state index in [-0.39, 0.29) is 9.92 Å². The molecule has 0 radical (unpaired) electrons. The third kappa shape index (κ3) is 1.55. The molecule has 16 heavy (non-hydrogen) atoms. The summed E-state index contributed by atoms with van der Waals surface area (Å²) in [5, 5.41) is 0.0511. The Kier molecular flexibility index (Phi) is 2.57. The van der Waals surface area contributed by atoms with Crippen molar-refractivity contribution in [2.45, 2.75) is 4.90 Å². The van der Waals surface area contributed by atoms with E-state index < -0.39 is 10.0 Å². The Hall–Kier alpha value is -1.24. The minimum absolute atomic E-state index is 0.0164. The molecule has 1 aromatic rings. The SMILES string of the molecule is C=C1NNS(=O)(=O)c2c1ccc(OC)c2Cl. The molecule has 1 aliphatic heterocycles. The van der Waals surface area contributed by atoms with Gasteiger partial charge in [-0.2, -0.15) is 0 Å². The molecule has 2 N–H and O–H groups in total. The molecular weight excluding hydrogens is 252 g/mol. The average molecular weight is 261 g/mol. The zero-order valence-corrected chi connectivity index (χ0v) is 9.95. The quantitative estimate of drug-likeness (QED) is 0.794. The molecule has 1 aromatic carbocycles. The van der Waals surface area contributed by atoms with Gasteiger partial charge < -0.3 is 10.2 Å². The van der Waals surface area contributed by atoms with E-state index in [0.29, 0.717) is 17.0 Å². The molecule has 0 amide bonds. The number of sulfonamides is 1. The van der Waals surface area contributed by atoms with Crippen LogP contribution in [0.5, 0.6) is 5.75 Å². The van der Waals surface area contributed by atoms with E-state index in [1.807, 2.05) is 0 Å². The molecule has 0 fully saturated rings. The average Bonchev–Trinajstić information content (AvgIpc) is 2.24. The predicted octanol–water partition coefficient (Wildman–Crippen LogP) is 1.12. The Morgan fingerprint density at radius 1 is 1.44 bits per heavy atom. The highest BCUT2D eigenvalue weighted by Crippen LogP contribution is 2.37. The Morgan fingerprint density at radius 3 is 2.75 bits per heavy atom. The van der Waals surface area contributed by atoms with E-state index >= 15 is 0 Å². The Balaban J connectivity index is 2.81. The van der Waals surface area contributed by atoms with Crippen LogP contribution in [0.3, 0.4) is 0 Å². The van der Waals surface area contributed by atoms with Gasteiger partial charge in [-0.25, -0.2) is 8.42 Å². The standard InChI is InChI=1S/C9H9ClN2O3S/c1-5-6-3-4-7(15-2)8(10)9(6)16(13,14)12-11-5/h3-4,11-12H,1H2,2H3. The topological polar surface area (TPSA) is 67.4 Å². The Morgan fingerprint density at radius 2 is 2.12 bits per heavy atom. The second-order valence-electron chi connectivity index (χ2n) is 3.17. The highest BCUT2D eigenvalue weighted by Gasteiger charge is 2.29. The first-order chi connectivity index (χ1) is 7.47. The molecule has 0 bridgehead atoms. The van der Waals surface area contributed by atoms with Crippen LogP contribution in [-0.4, -0.2) is 15.5 Å². The number of fused-ring (bicyclic) bond motifs is 1. The number of rotatable bonds is 1. The largest absolute Gasteiger partial charge is 0.495 e. The van der Waals surface area contributed by atoms with Crippen LogP contribution < -0.4 is 15.0 Å². The van der Waals surface area contributed by atoms with Crippen LogP contribution in [0.1, 0.15) is 5.56 Å². The normalized spacial score (nSPS) is 17.5. The molecule has 0 spiro atoms. The number of hydrogen-bond acceptors (Lipinski definition) is 4. The Bertz CT molecular complexity index is 568. The fraction of sp³-hybridized carbons (Fsp3) is 0.111. The minimum atomic E-state index is -3.67. The molecule has 7 heteroatoms. The minimum Gasteiger partial charge on any atom is -0.495 e. The number of benzene rings is 1. The van der Waals surface area contributed by atoms with Gasteiger partial charge in [-0.15, -0.1) is 4.83 Å². The summed E-state index contributed by atoms with van der Waals surface area (Å²) < 4.78 is 28.5. The third-order valence-electron chi connectivity index (χ3n) is 2.21. The van der Waals surface area contributed by atoms with Gasteiger partial charge in [0.15, 0.2) is 0 Å². The van der Waals surface area contributed by atoms with Crippen molar-refractivity contribution in [3.63, 3.8) is 0 Å². The number of nitrogens with one attached hydrogen (secondary N) is 2. The molecule has 0 aromatic heterocycles. The molecule has 0 aliphatic carbocycles. The number of hydrogen-bond donors (Lipinski definition) is 2. The van der Waals surface area contributed by atoms with Gasteiger partial charge in [0, 0.05) is 5.56 Å². The molecular formula is C9H9ClN2O3S. The van der Waals surface area contributed by atoms with Crippen LogP contribution in [0.4, 0.5) is 0 Å². The van der Waals surface area contributed by atoms with E-state index in [2.05, 4.69) is 16.8 Å². The highest BCUT2D eigenvalue weighted by atomic mass is 35.5. The monoisotopic (exact) mass is 260 g/mol. The number of ether oxygens (including phenoxy) is 1. The number of halogens is 1. The maximum atomic E-state index is 11.8. The second-order valence-corrected chi connectivity index (χ2v) is 5.16. The molecule has 1 heterocycles. The number of methoxy groups -OCH3 is 1. The van der Waals surface area contributed by atoms with Gasteiger partial charge in [0.25, 0.3) is 10.0 Å². The van der Waals surface area contributed by atoms with Crippen molar-refractivity contribution in [3.05, 3.63) is 29.3 Å². The smallest absolute Gasteiger partial charge is 0.259 e. The summed E-state index contributed by atoms with van der Waals surface area (Å²) in [5.74, 6) is 0.306. The van der Waals surface area contributed by atoms with Crippen LogP contribution in [0.2, 0.25) is 5.02 Å². The molecule has 5 nitrogen and oxygen atoms in total. The van der Waals surface area contributed by atoms with Gasteiger partial charge in [-0.05, 0) is 12.1 Å². The van der Waals surface area contributed by atoms with E-state index in [1.54, 1.807) is 12.1 Å². The van der Waals surface area contributed by atoms with Crippen molar-refractivity contribution in [1.82, 2.24) is 10.3 Å². The van der Waals surface area contributed by atoms with Gasteiger partial charge >= 0.3 is 0 Å². The van der Waals surface area contributed by atoms with Gasteiger partial charge in [0.1, 0.15) is 15.7 Å². The first-order valence-corrected chi connectivity index (χ1v) is 6.17. The van der Waals surface area contributed by atoms with E-state index in [1.165, 1.54) is 7.11 Å². The van der Waals surface area contributed by atoms with Crippen LogP contribution in [0.25, 0.3) is 5.70 Å². The van der Waals surface area contributed by atoms with Crippen LogP contribution in [0.15, 0.2) is 23.6 Å². The summed E-state index contributed by atoms with van der Waals surface area (Å²) in [4.78, 5) is 2.12. The molecule has 86 valence electrons. The van der Waals surface area contributed by atoms with Gasteiger partial charge in [-0.1, -0.05) is 18.2 Å². The zero-order chi connectivity index (χ0) is 11.9. The second kappa shape index (κ2) is 3.65. The highest BCUT2D eigenvalue weighted by molar-refractivity contribution is 7.89. The van der Waals surface area contributed by atoms with Gasteiger partial charge in [-0.3, -0.25) is 0 Å². The van der Waals surface area contributed by atoms with E-state index in [4.69, 9.17) is 16.3 Å². The summed E-state index contributed by atoms with van der Waals surface area (Å²) in [6.45, 7) is 3.68. The summed E-state index contributed by atoms with van der Waals surface area (Å²) in [5.41, 5.74) is 3.34. The van der Waals surface area contributed by atoms with E-state index in [0.717, 1.165) is 0 Å². The molecule has 0 saturated heterocycles. The fourth-order valence-electron chi connectivity index (χ4n) is 1.44. The van der Waals surface area contributed by atoms with Crippen molar-refractivity contribution in [2.75, 3.05) is 7.11 Å². The number of hydrazine groups is 1. The van der Waals surface area contributed by atoms with Crippen molar-refractivity contribution < 1.29 is 13.2 Å². The summed E-state index contributed by atoms with van der Waals surface area (Å²) in [6, 6.07) is 3.18. The van der Waals surface area contributed by atoms with Crippen molar-refractivity contribution in [1.29, 1.82) is 0 Å². The molecule has 0 atom stereocenters. The maximum absolute atomic E-state index is 11.8. The van der Waals surface area contributed by atoms with E-state index in [9.17, 15) is 8.42 Å². The predicted molar refractivity (Wildman–Crippen MR) is 60.5 cm³/mol. The maximum Gasteiger partial charge on any atom is 0.259 e. The summed E-state index contributed by atoms with van der Waals surface area (Å²) in [6.07, 6.45) is 0. The van der Waals surface area contributed by atoms with Crippen LogP contribution >= 0.6 is 11.6 Å². The fourth-order valence-corrected chi connectivity index (χ4v) is 3.17. The first kappa shape index (κ1) is 11.3.